The maximum Gasteiger partial charge on any atom is 0.424 e. The van der Waals surface area contributed by atoms with Crippen molar-refractivity contribution in [2.24, 2.45) is 5.92 Å². The van der Waals surface area contributed by atoms with Crippen molar-refractivity contribution >= 4 is 34.5 Å². The molecule has 3 aliphatic rings. The van der Waals surface area contributed by atoms with Gasteiger partial charge in [0.15, 0.2) is 23.0 Å². The van der Waals surface area contributed by atoms with Gasteiger partial charge in [0.25, 0.3) is 6.01 Å². The zero-order valence-corrected chi connectivity index (χ0v) is 18.6. The maximum atomic E-state index is 14.6. The van der Waals surface area contributed by atoms with E-state index in [1.54, 1.807) is 17.6 Å². The van der Waals surface area contributed by atoms with Gasteiger partial charge in [-0.05, 0) is 24.5 Å². The van der Waals surface area contributed by atoms with Gasteiger partial charge in [-0.25, -0.2) is 9.78 Å². The zero-order chi connectivity index (χ0) is 23.5. The lowest BCUT2D eigenvalue weighted by Gasteiger charge is -2.54. The summed E-state index contributed by atoms with van der Waals surface area (Å²) >= 11 is 1.36. The molecule has 0 radical (unpaired) electrons. The van der Waals surface area contributed by atoms with Gasteiger partial charge < -0.3 is 24.3 Å². The normalized spacial score (nSPS) is 21.4. The monoisotopic (exact) mass is 480 g/mol. The van der Waals surface area contributed by atoms with Gasteiger partial charge in [-0.3, -0.25) is 4.90 Å². The van der Waals surface area contributed by atoms with E-state index in [0.29, 0.717) is 23.7 Å². The highest BCUT2D eigenvalue weighted by Crippen LogP contribution is 2.42. The molecule has 6 rings (SSSR count). The number of halogens is 2. The van der Waals surface area contributed by atoms with Crippen LogP contribution in [0.15, 0.2) is 28.1 Å². The molecule has 0 saturated carbocycles. The number of anilines is 1. The number of carbonyl (C=O) groups is 1. The average Bonchev–Trinajstić information content (AvgIpc) is 3.43. The minimum absolute atomic E-state index is 0.0858. The molecule has 0 spiro atoms. The van der Waals surface area contributed by atoms with E-state index in [2.05, 4.69) is 9.97 Å². The fraction of sp³-hybridized carbons (Fsp3) is 0.476. The van der Waals surface area contributed by atoms with E-state index in [-0.39, 0.29) is 34.9 Å². The second-order valence-corrected chi connectivity index (χ2v) is 9.51. The third kappa shape index (κ3) is 3.66. The summed E-state index contributed by atoms with van der Waals surface area (Å²) in [5, 5.41) is 21.7. The Morgan fingerprint density at radius 2 is 2.06 bits per heavy atom. The van der Waals surface area contributed by atoms with E-state index in [1.165, 1.54) is 36.2 Å². The second-order valence-electron chi connectivity index (χ2n) is 8.61. The fourth-order valence-corrected chi connectivity index (χ4v) is 5.05. The standard InChI is InChI=1S/C21H22F2N4O5S/c1-10(2)17(28)21(22,23)32-14-4-3-13(18-24-5-6-33-18)16-15(14)25-19(31-16)26-8-11-7-12(9-26)27(11)20(29)30/h3-6,10-12,17,28H,7-9H2,1-2H3,(H,29,30). The molecule has 3 atom stereocenters. The highest BCUT2D eigenvalue weighted by Gasteiger charge is 2.49. The van der Waals surface area contributed by atoms with Crippen molar-refractivity contribution in [1.29, 1.82) is 0 Å². The number of ether oxygens (including phenoxy) is 1. The molecule has 33 heavy (non-hydrogen) atoms. The van der Waals surface area contributed by atoms with Gasteiger partial charge >= 0.3 is 12.2 Å². The number of thiazole rings is 1. The first kappa shape index (κ1) is 21.8. The first-order valence-electron chi connectivity index (χ1n) is 10.5. The largest absolute Gasteiger partial charge is 0.465 e. The number of aliphatic hydroxyl groups excluding tert-OH is 1. The van der Waals surface area contributed by atoms with Gasteiger partial charge in [-0.1, -0.05) is 13.8 Å². The SMILES string of the molecule is CC(C)C(O)C(F)(F)Oc1ccc(-c2nccs2)c2oc(N3CC4CC(C3)N4C(=O)O)nc12. The topological polar surface area (TPSA) is 112 Å². The third-order valence-corrected chi connectivity index (χ3v) is 6.87. The van der Waals surface area contributed by atoms with Crippen molar-refractivity contribution in [2.45, 2.75) is 44.6 Å². The Hall–Kier alpha value is -2.99. The summed E-state index contributed by atoms with van der Waals surface area (Å²) in [7, 11) is 0. The molecule has 3 aliphatic heterocycles. The van der Waals surface area contributed by atoms with Gasteiger partial charge in [-0.2, -0.15) is 13.8 Å². The van der Waals surface area contributed by atoms with Crippen molar-refractivity contribution in [2.75, 3.05) is 18.0 Å². The first-order valence-corrected chi connectivity index (χ1v) is 11.4. The Balaban J connectivity index is 1.53. The van der Waals surface area contributed by atoms with Gasteiger partial charge in [-0.15, -0.1) is 11.3 Å². The van der Waals surface area contributed by atoms with Crippen molar-refractivity contribution in [1.82, 2.24) is 14.9 Å². The van der Waals surface area contributed by atoms with E-state index in [9.17, 15) is 23.8 Å². The molecule has 0 aliphatic carbocycles. The molecule has 1 aromatic carbocycles. The van der Waals surface area contributed by atoms with Gasteiger partial charge in [0, 0.05) is 24.7 Å². The van der Waals surface area contributed by atoms with Gasteiger partial charge in [0.1, 0.15) is 5.01 Å². The number of nitrogens with zero attached hydrogens (tertiary/aromatic N) is 4. The summed E-state index contributed by atoms with van der Waals surface area (Å²) in [6.07, 6.45) is -4.41. The Morgan fingerprint density at radius 1 is 1.33 bits per heavy atom. The van der Waals surface area contributed by atoms with Crippen LogP contribution in [0, 0.1) is 5.92 Å². The average molecular weight is 480 g/mol. The van der Waals surface area contributed by atoms with Crippen LogP contribution < -0.4 is 9.64 Å². The van der Waals surface area contributed by atoms with Crippen LogP contribution >= 0.6 is 11.3 Å². The van der Waals surface area contributed by atoms with Crippen LogP contribution in [0.1, 0.15) is 20.3 Å². The lowest BCUT2D eigenvalue weighted by atomic mass is 9.88. The molecule has 2 aromatic heterocycles. The molecular weight excluding hydrogens is 458 g/mol. The Bertz CT molecular complexity index is 1170. The molecule has 3 unspecified atom stereocenters. The van der Waals surface area contributed by atoms with Crippen LogP contribution in [0.3, 0.4) is 0 Å². The Morgan fingerprint density at radius 3 is 2.67 bits per heavy atom. The Labute approximate surface area is 191 Å². The van der Waals surface area contributed by atoms with E-state index in [0.717, 1.165) is 6.42 Å². The van der Waals surface area contributed by atoms with E-state index >= 15 is 0 Å². The summed E-state index contributed by atoms with van der Waals surface area (Å²) in [4.78, 5) is 23.4. The van der Waals surface area contributed by atoms with Crippen LogP contribution in [-0.2, 0) is 0 Å². The maximum absolute atomic E-state index is 14.6. The third-order valence-electron chi connectivity index (χ3n) is 6.06. The number of hydrogen-bond acceptors (Lipinski definition) is 8. The Kier molecular flexibility index (Phi) is 5.16. The number of oxazole rings is 1. The van der Waals surface area contributed by atoms with Crippen LogP contribution in [0.4, 0.5) is 19.6 Å². The molecule has 12 heteroatoms. The summed E-state index contributed by atoms with van der Waals surface area (Å²) in [5.74, 6) is -0.949. The van der Waals surface area contributed by atoms with Crippen LogP contribution in [-0.4, -0.2) is 68.6 Å². The van der Waals surface area contributed by atoms with Crippen molar-refractivity contribution in [3.63, 3.8) is 0 Å². The quantitative estimate of drug-likeness (QED) is 0.547. The molecular formula is C21H22F2N4O5S. The molecule has 3 fully saturated rings. The number of aromatic nitrogens is 2. The first-order chi connectivity index (χ1) is 15.7. The molecule has 2 bridgehead atoms. The van der Waals surface area contributed by atoms with Gasteiger partial charge in [0.05, 0.1) is 17.6 Å². The minimum atomic E-state index is -3.84. The number of aliphatic hydroxyl groups is 1. The minimum Gasteiger partial charge on any atom is -0.465 e. The highest BCUT2D eigenvalue weighted by atomic mass is 32.1. The molecule has 3 saturated heterocycles. The van der Waals surface area contributed by atoms with E-state index < -0.39 is 24.2 Å². The number of rotatable bonds is 6. The molecule has 3 aromatic rings. The molecule has 2 N–H and O–H groups in total. The molecule has 176 valence electrons. The predicted molar refractivity (Wildman–Crippen MR) is 116 cm³/mol. The molecule has 5 heterocycles. The number of fused-ring (bicyclic) bond motifs is 3. The number of carboxylic acid groups (broad SMARTS) is 1. The number of benzene rings is 1. The number of piperazine rings is 1. The second kappa shape index (κ2) is 7.80. The zero-order valence-electron chi connectivity index (χ0n) is 17.8. The number of piperidine rings is 1. The summed E-state index contributed by atoms with van der Waals surface area (Å²) in [6, 6.07) is 2.80. The van der Waals surface area contributed by atoms with Crippen molar-refractivity contribution < 1.29 is 32.9 Å². The fourth-order valence-electron chi connectivity index (χ4n) is 4.39. The van der Waals surface area contributed by atoms with Crippen LogP contribution in [0.25, 0.3) is 21.7 Å². The van der Waals surface area contributed by atoms with Gasteiger partial charge in [0.2, 0.25) is 0 Å². The van der Waals surface area contributed by atoms with E-state index in [4.69, 9.17) is 9.15 Å². The van der Waals surface area contributed by atoms with Crippen molar-refractivity contribution in [3.05, 3.63) is 23.7 Å². The number of hydrogen-bond donors (Lipinski definition) is 2. The summed E-state index contributed by atoms with van der Waals surface area (Å²) in [6.45, 7) is 3.72. The van der Waals surface area contributed by atoms with Crippen molar-refractivity contribution in [3.8, 4) is 16.3 Å². The summed E-state index contributed by atoms with van der Waals surface area (Å²) in [5.41, 5.74) is 0.900. The summed E-state index contributed by atoms with van der Waals surface area (Å²) < 4.78 is 40.1. The van der Waals surface area contributed by atoms with Crippen LogP contribution in [0.2, 0.25) is 0 Å². The number of amides is 1. The molecule has 9 nitrogen and oxygen atoms in total. The predicted octanol–water partition coefficient (Wildman–Crippen LogP) is 3.88. The smallest absolute Gasteiger partial charge is 0.424 e. The van der Waals surface area contributed by atoms with Crippen LogP contribution in [0.5, 0.6) is 5.75 Å². The molecule has 1 amide bonds. The number of alkyl halides is 2. The van der Waals surface area contributed by atoms with E-state index in [1.807, 2.05) is 4.90 Å². The highest BCUT2D eigenvalue weighted by molar-refractivity contribution is 7.13. The lowest BCUT2D eigenvalue weighted by Crippen LogP contribution is -2.70. The lowest BCUT2D eigenvalue weighted by molar-refractivity contribution is -0.249.